The summed E-state index contributed by atoms with van der Waals surface area (Å²) in [7, 11) is -4.36. The second kappa shape index (κ2) is 22.0. The average molecular weight is 938 g/mol. The van der Waals surface area contributed by atoms with Gasteiger partial charge in [-0.05, 0) is 63.1 Å². The van der Waals surface area contributed by atoms with Crippen LogP contribution in [0.5, 0.6) is 0 Å². The maximum Gasteiger partial charge on any atom is 0.335 e. The number of hydrogen-bond acceptors (Lipinski definition) is 16. The fraction of sp³-hybridized carbons (Fsp3) is 0.628. The first-order chi connectivity index (χ1) is 30.2. The minimum atomic E-state index is -4.36. The summed E-state index contributed by atoms with van der Waals surface area (Å²) >= 11 is 0. The van der Waals surface area contributed by atoms with E-state index in [4.69, 9.17) is 18.8 Å². The molecule has 0 spiro atoms. The number of aliphatic hydroxyl groups is 3. The second-order valence-electron chi connectivity index (χ2n) is 18.0. The van der Waals surface area contributed by atoms with Crippen molar-refractivity contribution >= 4 is 57.3 Å². The molecule has 3 heterocycles. The van der Waals surface area contributed by atoms with E-state index in [0.717, 1.165) is 22.0 Å². The molecule has 0 bridgehead atoms. The van der Waals surface area contributed by atoms with Crippen molar-refractivity contribution < 1.29 is 86.0 Å². The van der Waals surface area contributed by atoms with Crippen LogP contribution in [0.1, 0.15) is 77.5 Å². The molecule has 3 aliphatic heterocycles. The van der Waals surface area contributed by atoms with Crippen LogP contribution in [0.3, 0.4) is 0 Å². The number of carbonyl (C=O) groups excluding carboxylic acids is 7. The molecule has 0 unspecified atom stereocenters. The van der Waals surface area contributed by atoms with E-state index in [1.165, 1.54) is 6.92 Å². The highest BCUT2D eigenvalue weighted by Crippen LogP contribution is 2.29. The number of benzene rings is 1. The van der Waals surface area contributed by atoms with Gasteiger partial charge in [0.2, 0.25) is 11.8 Å². The van der Waals surface area contributed by atoms with E-state index in [0.29, 0.717) is 16.7 Å². The Kier molecular flexibility index (Phi) is 17.8. The van der Waals surface area contributed by atoms with Gasteiger partial charge in [0.1, 0.15) is 31.0 Å². The van der Waals surface area contributed by atoms with Crippen molar-refractivity contribution in [3.63, 3.8) is 0 Å². The van der Waals surface area contributed by atoms with Crippen LogP contribution in [0.2, 0.25) is 0 Å². The van der Waals surface area contributed by atoms with Gasteiger partial charge in [0, 0.05) is 37.3 Å². The Bertz CT molecular complexity index is 2120. The van der Waals surface area contributed by atoms with Crippen molar-refractivity contribution in [3.05, 3.63) is 47.0 Å². The number of aryl methyl sites for hydroxylation is 1. The number of esters is 1. The maximum absolute atomic E-state index is 13.7. The maximum atomic E-state index is 13.7. The molecule has 22 heteroatoms. The lowest BCUT2D eigenvalue weighted by molar-refractivity contribution is -0.228. The quantitative estimate of drug-likeness (QED) is 0.0362. The Morgan fingerprint density at radius 1 is 0.954 bits per heavy atom. The molecule has 0 aromatic heterocycles. The summed E-state index contributed by atoms with van der Waals surface area (Å²) in [5.74, 6) is -7.97. The van der Waals surface area contributed by atoms with Crippen molar-refractivity contribution in [3.8, 4) is 0 Å². The summed E-state index contributed by atoms with van der Waals surface area (Å²) < 4.78 is 47.7. The lowest BCUT2D eigenvalue weighted by Gasteiger charge is -2.39. The minimum Gasteiger partial charge on any atom is -0.479 e. The van der Waals surface area contributed by atoms with E-state index >= 15 is 0 Å². The fourth-order valence-corrected chi connectivity index (χ4v) is 7.97. The molecule has 6 N–H and O–H groups in total. The minimum absolute atomic E-state index is 0.0403. The molecular formula is C43H59N3O18S. The molecule has 360 valence electrons. The number of carboxylic acids is 1. The van der Waals surface area contributed by atoms with Crippen molar-refractivity contribution in [2.75, 3.05) is 25.5 Å². The van der Waals surface area contributed by atoms with Crippen molar-refractivity contribution in [1.29, 1.82) is 0 Å². The number of nitrogens with one attached hydrogen (secondary N) is 1. The molecule has 4 amide bonds. The Labute approximate surface area is 376 Å². The number of aliphatic carboxylic acids is 1. The Morgan fingerprint density at radius 3 is 2.18 bits per heavy atom. The molecule has 1 aromatic rings. The van der Waals surface area contributed by atoms with Gasteiger partial charge in [0.15, 0.2) is 17.7 Å². The van der Waals surface area contributed by atoms with Crippen LogP contribution >= 0.6 is 0 Å². The molecular weight excluding hydrogens is 879 g/mol. The lowest BCUT2D eigenvalue weighted by atomic mass is 9.89. The molecule has 21 nitrogen and oxygen atoms in total. The summed E-state index contributed by atoms with van der Waals surface area (Å²) in [5.41, 5.74) is 0.735. The number of imide groups is 1. The molecule has 0 saturated carbocycles. The predicted molar refractivity (Wildman–Crippen MR) is 225 cm³/mol. The number of rotatable bonds is 22. The number of carbonyl (C=O) groups is 8. The molecule has 9 atom stereocenters. The van der Waals surface area contributed by atoms with E-state index in [2.05, 4.69) is 5.32 Å². The summed E-state index contributed by atoms with van der Waals surface area (Å²) in [5, 5.41) is 43.2. The van der Waals surface area contributed by atoms with Crippen LogP contribution < -0.4 is 5.32 Å². The van der Waals surface area contributed by atoms with Gasteiger partial charge in [-0.3, -0.25) is 43.0 Å². The molecule has 65 heavy (non-hydrogen) atoms. The van der Waals surface area contributed by atoms with Crippen LogP contribution in [-0.4, -0.2) is 164 Å². The standard InChI is InChI=1S/C43H59N3O18S/c1-22(2)29(18-28(47)19-45-27(21-62-13-14-65(59,60)61)17-30(40(45)55)46-33(49)11-12-34(46)50)39(54)44-23(3)31(48)16-24-7-8-26(20-63-42(58)43(4,5)6)25(15-24)9-10-32-35(51)36(52)37(53)38(64-32)41(56)57/h7-8,11-12,15,22-23,27,29-30,32,35-38,51-53H,9-10,13-14,16-21H2,1-6H3,(H,44,54)(H,56,57)(H,59,60,61)/t23-,27-,29-,30+,32-,35-,36+,37-,38-/m0/s1. The zero-order valence-corrected chi connectivity index (χ0v) is 37.9. The van der Waals surface area contributed by atoms with Crippen LogP contribution in [0, 0.1) is 17.3 Å². The van der Waals surface area contributed by atoms with Crippen molar-refractivity contribution in [2.45, 2.75) is 129 Å². The monoisotopic (exact) mass is 937 g/mol. The Morgan fingerprint density at radius 2 is 1.60 bits per heavy atom. The fourth-order valence-electron chi connectivity index (χ4n) is 7.64. The van der Waals surface area contributed by atoms with E-state index in [9.17, 15) is 67.2 Å². The SMILES string of the molecule is CC(C)[C@H](CC(=O)CN1C(=O)[C@H](N2C(=O)C=CC2=O)C[C@H]1COCCS(=O)(=O)O)C(=O)N[C@@H](C)C(=O)Cc1ccc(COC(=O)C(C)(C)C)c(CC[C@@H]2O[C@H](C(=O)O)[C@@H](O)[C@H](O)[C@H]2O)c1. The van der Waals surface area contributed by atoms with Crippen molar-refractivity contribution in [2.24, 2.45) is 17.3 Å². The third-order valence-electron chi connectivity index (χ3n) is 11.5. The number of Topliss-reactive ketones (excluding diaryl/α,β-unsaturated/α-hetero) is 2. The highest BCUT2D eigenvalue weighted by molar-refractivity contribution is 7.85. The number of ether oxygens (including phenoxy) is 3. The zero-order valence-electron chi connectivity index (χ0n) is 37.1. The smallest absolute Gasteiger partial charge is 0.335 e. The van der Waals surface area contributed by atoms with Gasteiger partial charge in [-0.25, -0.2) is 4.79 Å². The number of hydrogen-bond donors (Lipinski definition) is 6. The topological polar surface area (TPSA) is 318 Å². The van der Waals surface area contributed by atoms with Crippen LogP contribution in [0.15, 0.2) is 30.4 Å². The van der Waals surface area contributed by atoms with Crippen LogP contribution in [0.25, 0.3) is 0 Å². The normalized spacial score (nSPS) is 24.7. The Hall–Kier alpha value is -4.97. The summed E-state index contributed by atoms with van der Waals surface area (Å²) in [6.07, 6.45) is -6.94. The van der Waals surface area contributed by atoms with Crippen LogP contribution in [-0.2, 0) is 82.1 Å². The van der Waals surface area contributed by atoms with Crippen LogP contribution in [0.4, 0.5) is 0 Å². The summed E-state index contributed by atoms with van der Waals surface area (Å²) in [6, 6.07) is 1.71. The molecule has 4 rings (SSSR count). The highest BCUT2D eigenvalue weighted by atomic mass is 32.2. The van der Waals surface area contributed by atoms with E-state index < -0.39 is 142 Å². The predicted octanol–water partition coefficient (Wildman–Crippen LogP) is -0.710. The van der Waals surface area contributed by atoms with Gasteiger partial charge in [-0.15, -0.1) is 0 Å². The Balaban J connectivity index is 1.44. The first kappa shape index (κ1) is 52.7. The molecule has 2 fully saturated rings. The number of ketones is 2. The van der Waals surface area contributed by atoms with Gasteiger partial charge in [-0.2, -0.15) is 8.42 Å². The molecule has 0 aliphatic carbocycles. The summed E-state index contributed by atoms with van der Waals surface area (Å²) in [6.45, 7) is 8.43. The van der Waals surface area contributed by atoms with Gasteiger partial charge >= 0.3 is 11.9 Å². The highest BCUT2D eigenvalue weighted by Gasteiger charge is 2.48. The number of likely N-dealkylation sites (tertiary alicyclic amines) is 1. The lowest BCUT2D eigenvalue weighted by Crippen LogP contribution is -2.59. The van der Waals surface area contributed by atoms with Gasteiger partial charge < -0.3 is 44.9 Å². The zero-order chi connectivity index (χ0) is 48.7. The second-order valence-corrected chi connectivity index (χ2v) is 19.5. The number of carboxylic acid groups (broad SMARTS) is 1. The van der Waals surface area contributed by atoms with E-state index in [1.807, 2.05) is 0 Å². The third kappa shape index (κ3) is 14.0. The molecule has 1 aromatic carbocycles. The van der Waals surface area contributed by atoms with E-state index in [1.54, 1.807) is 52.8 Å². The number of aliphatic hydroxyl groups excluding tert-OH is 3. The first-order valence-corrected chi connectivity index (χ1v) is 22.7. The average Bonchev–Trinajstić information content (AvgIpc) is 3.70. The van der Waals surface area contributed by atoms with Gasteiger partial charge in [0.25, 0.3) is 21.9 Å². The first-order valence-electron chi connectivity index (χ1n) is 21.1. The van der Waals surface area contributed by atoms with Gasteiger partial charge in [0.05, 0.1) is 49.1 Å². The molecule has 2 saturated heterocycles. The molecule has 0 radical (unpaired) electrons. The molecule has 3 aliphatic rings. The van der Waals surface area contributed by atoms with E-state index in [-0.39, 0.29) is 45.3 Å². The number of amides is 4. The van der Waals surface area contributed by atoms with Crippen molar-refractivity contribution in [1.82, 2.24) is 15.1 Å². The van der Waals surface area contributed by atoms with Gasteiger partial charge in [-0.1, -0.05) is 32.0 Å². The third-order valence-corrected chi connectivity index (χ3v) is 12.2. The largest absolute Gasteiger partial charge is 0.479 e. The number of nitrogens with zero attached hydrogens (tertiary/aromatic N) is 2. The summed E-state index contributed by atoms with van der Waals surface area (Å²) in [4.78, 5) is 105.